The molecule has 0 aliphatic carbocycles. The Labute approximate surface area is 162 Å². The van der Waals surface area contributed by atoms with Gasteiger partial charge < -0.3 is 0 Å². The van der Waals surface area contributed by atoms with E-state index in [1.54, 1.807) is 55.5 Å². The number of nitrogens with zero attached hydrogens (tertiary/aromatic N) is 3. The Hall–Kier alpha value is -3.93. The molecule has 0 atom stereocenters. The molecule has 0 spiro atoms. The first-order chi connectivity index (χ1) is 13.6. The predicted octanol–water partition coefficient (Wildman–Crippen LogP) is 4.69. The molecule has 0 aliphatic heterocycles. The fraction of sp³-hybridized carbons (Fsp3) is 0.0455. The zero-order valence-corrected chi connectivity index (χ0v) is 15.1. The van der Waals surface area contributed by atoms with Gasteiger partial charge in [0.2, 0.25) is 5.78 Å². The lowest BCUT2D eigenvalue weighted by Crippen LogP contribution is -2.15. The number of hydrogen-bond donors (Lipinski definition) is 0. The molecular formula is C22H17N3O3. The van der Waals surface area contributed by atoms with E-state index < -0.39 is 4.92 Å². The lowest BCUT2D eigenvalue weighted by atomic mass is 10.0. The molecule has 0 heterocycles. The standard InChI is InChI=1S/C22H17N3O3/c1-16(19-13-8-14-20(15-19)25(27)28)23-24-21(17-9-4-2-5-10-17)22(26)18-11-6-3-7-12-18/h2-15H,1H3/b23-16-,24-21-. The van der Waals surface area contributed by atoms with Crippen LogP contribution in [0.1, 0.15) is 28.4 Å². The van der Waals surface area contributed by atoms with E-state index in [-0.39, 0.29) is 17.2 Å². The van der Waals surface area contributed by atoms with Crippen molar-refractivity contribution in [2.45, 2.75) is 6.92 Å². The van der Waals surface area contributed by atoms with Crippen LogP contribution in [0.5, 0.6) is 0 Å². The van der Waals surface area contributed by atoms with Crippen LogP contribution in [0.3, 0.4) is 0 Å². The van der Waals surface area contributed by atoms with Crippen molar-refractivity contribution in [2.24, 2.45) is 10.2 Å². The maximum Gasteiger partial charge on any atom is 0.270 e. The van der Waals surface area contributed by atoms with Crippen LogP contribution in [0.25, 0.3) is 0 Å². The van der Waals surface area contributed by atoms with Gasteiger partial charge >= 0.3 is 0 Å². The summed E-state index contributed by atoms with van der Waals surface area (Å²) in [6.45, 7) is 1.69. The maximum atomic E-state index is 12.9. The van der Waals surface area contributed by atoms with Crippen LogP contribution in [-0.2, 0) is 0 Å². The molecule has 0 N–H and O–H groups in total. The summed E-state index contributed by atoms with van der Waals surface area (Å²) < 4.78 is 0. The molecule has 0 bridgehead atoms. The van der Waals surface area contributed by atoms with Gasteiger partial charge in [-0.3, -0.25) is 14.9 Å². The van der Waals surface area contributed by atoms with Gasteiger partial charge in [-0.1, -0.05) is 72.8 Å². The van der Waals surface area contributed by atoms with Crippen molar-refractivity contribution in [1.82, 2.24) is 0 Å². The monoisotopic (exact) mass is 371 g/mol. The summed E-state index contributed by atoms with van der Waals surface area (Å²) in [6.07, 6.45) is 0. The van der Waals surface area contributed by atoms with Crippen molar-refractivity contribution in [3.63, 3.8) is 0 Å². The van der Waals surface area contributed by atoms with Crippen LogP contribution in [0.4, 0.5) is 5.69 Å². The fourth-order valence-electron chi connectivity index (χ4n) is 2.58. The van der Waals surface area contributed by atoms with Crippen LogP contribution < -0.4 is 0 Å². The number of benzene rings is 3. The number of Topliss-reactive ketones (excluding diaryl/α,β-unsaturated/α-hetero) is 1. The minimum atomic E-state index is -0.464. The average Bonchev–Trinajstić information content (AvgIpc) is 2.75. The summed E-state index contributed by atoms with van der Waals surface area (Å²) >= 11 is 0. The Balaban J connectivity index is 2.02. The number of non-ortho nitro benzene ring substituents is 1. The van der Waals surface area contributed by atoms with Crippen LogP contribution in [-0.4, -0.2) is 22.1 Å². The van der Waals surface area contributed by atoms with Gasteiger partial charge in [-0.25, -0.2) is 0 Å². The lowest BCUT2D eigenvalue weighted by molar-refractivity contribution is -0.384. The highest BCUT2D eigenvalue weighted by Crippen LogP contribution is 2.15. The highest BCUT2D eigenvalue weighted by atomic mass is 16.6. The van der Waals surface area contributed by atoms with Crippen LogP contribution in [0, 0.1) is 10.1 Å². The Morgan fingerprint density at radius 2 is 1.36 bits per heavy atom. The van der Waals surface area contributed by atoms with E-state index in [1.165, 1.54) is 12.1 Å². The van der Waals surface area contributed by atoms with E-state index in [0.717, 1.165) is 0 Å². The molecule has 6 nitrogen and oxygen atoms in total. The van der Waals surface area contributed by atoms with E-state index in [2.05, 4.69) is 10.2 Å². The van der Waals surface area contributed by atoms with Gasteiger partial charge in [-0.15, -0.1) is 5.10 Å². The van der Waals surface area contributed by atoms with Gasteiger partial charge in [-0.2, -0.15) is 5.10 Å². The first-order valence-corrected chi connectivity index (χ1v) is 8.58. The molecule has 3 rings (SSSR count). The van der Waals surface area contributed by atoms with Crippen molar-refractivity contribution >= 4 is 22.9 Å². The quantitative estimate of drug-likeness (QED) is 0.273. The number of carbonyl (C=O) groups excluding carboxylic acids is 1. The number of carbonyl (C=O) groups is 1. The van der Waals surface area contributed by atoms with Gasteiger partial charge in [0.05, 0.1) is 10.6 Å². The largest absolute Gasteiger partial charge is 0.287 e. The molecule has 0 aliphatic rings. The average molecular weight is 371 g/mol. The molecule has 0 amide bonds. The third kappa shape index (κ3) is 4.42. The van der Waals surface area contributed by atoms with Crippen molar-refractivity contribution in [1.29, 1.82) is 0 Å². The van der Waals surface area contributed by atoms with Gasteiger partial charge in [0.15, 0.2) is 0 Å². The minimum absolute atomic E-state index is 0.0281. The van der Waals surface area contributed by atoms with Crippen LogP contribution in [0.2, 0.25) is 0 Å². The van der Waals surface area contributed by atoms with Gasteiger partial charge in [-0.05, 0) is 6.92 Å². The molecule has 0 unspecified atom stereocenters. The summed E-state index contributed by atoms with van der Waals surface area (Å²) in [4.78, 5) is 23.5. The van der Waals surface area contributed by atoms with E-state index >= 15 is 0 Å². The van der Waals surface area contributed by atoms with Gasteiger partial charge in [0, 0.05) is 28.8 Å². The van der Waals surface area contributed by atoms with Crippen molar-refractivity contribution in [3.8, 4) is 0 Å². The Bertz CT molecular complexity index is 1060. The van der Waals surface area contributed by atoms with E-state index in [0.29, 0.717) is 22.4 Å². The van der Waals surface area contributed by atoms with Crippen molar-refractivity contribution in [3.05, 3.63) is 112 Å². The molecule has 0 saturated carbocycles. The third-order valence-electron chi connectivity index (χ3n) is 4.07. The second-order valence-corrected chi connectivity index (χ2v) is 6.00. The molecule has 0 saturated heterocycles. The summed E-state index contributed by atoms with van der Waals surface area (Å²) in [5.41, 5.74) is 2.37. The topological polar surface area (TPSA) is 84.9 Å². The van der Waals surface area contributed by atoms with E-state index in [1.807, 2.05) is 24.3 Å². The number of nitro benzene ring substituents is 1. The minimum Gasteiger partial charge on any atom is -0.287 e. The molecule has 6 heteroatoms. The summed E-state index contributed by atoms with van der Waals surface area (Å²) in [5.74, 6) is -0.248. The summed E-state index contributed by atoms with van der Waals surface area (Å²) in [7, 11) is 0. The van der Waals surface area contributed by atoms with Crippen LogP contribution in [0.15, 0.2) is 95.1 Å². The Kier molecular flexibility index (Phi) is 5.81. The van der Waals surface area contributed by atoms with Crippen LogP contribution >= 0.6 is 0 Å². The normalized spacial score (nSPS) is 11.9. The molecule has 138 valence electrons. The molecule has 3 aromatic carbocycles. The maximum absolute atomic E-state index is 12.9. The number of hydrogen-bond acceptors (Lipinski definition) is 5. The highest BCUT2D eigenvalue weighted by Gasteiger charge is 2.16. The number of ketones is 1. The van der Waals surface area contributed by atoms with Gasteiger partial charge in [0.1, 0.15) is 5.71 Å². The molecule has 0 aromatic heterocycles. The second-order valence-electron chi connectivity index (χ2n) is 6.00. The van der Waals surface area contributed by atoms with Crippen molar-refractivity contribution < 1.29 is 9.72 Å². The van der Waals surface area contributed by atoms with E-state index in [4.69, 9.17) is 0 Å². The van der Waals surface area contributed by atoms with Gasteiger partial charge in [0.25, 0.3) is 5.69 Å². The second kappa shape index (κ2) is 8.64. The molecule has 3 aromatic rings. The molecule has 0 radical (unpaired) electrons. The van der Waals surface area contributed by atoms with Crippen molar-refractivity contribution in [2.75, 3.05) is 0 Å². The molecular weight excluding hydrogens is 354 g/mol. The molecule has 0 fully saturated rings. The van der Waals surface area contributed by atoms with E-state index in [9.17, 15) is 14.9 Å². The smallest absolute Gasteiger partial charge is 0.270 e. The predicted molar refractivity (Wildman–Crippen MR) is 109 cm³/mol. The fourth-order valence-corrected chi connectivity index (χ4v) is 2.58. The lowest BCUT2D eigenvalue weighted by Gasteiger charge is -2.05. The number of rotatable bonds is 6. The summed E-state index contributed by atoms with van der Waals surface area (Å²) in [6, 6.07) is 24.1. The third-order valence-corrected chi connectivity index (χ3v) is 4.07. The SMILES string of the molecule is C/C(=N/N=C(\C(=O)c1ccccc1)c1ccccc1)c1cccc([N+](=O)[O-])c1. The zero-order valence-electron chi connectivity index (χ0n) is 15.1. The highest BCUT2D eigenvalue weighted by molar-refractivity contribution is 6.51. The first-order valence-electron chi connectivity index (χ1n) is 8.58. The summed E-state index contributed by atoms with van der Waals surface area (Å²) in [5, 5.41) is 19.4. The first kappa shape index (κ1) is 18.8. The Morgan fingerprint density at radius 1 is 0.786 bits per heavy atom. The Morgan fingerprint density at radius 3 is 1.96 bits per heavy atom. The molecule has 28 heavy (non-hydrogen) atoms. The number of nitro groups is 1. The zero-order chi connectivity index (χ0) is 19.9.